The Morgan fingerprint density at radius 1 is 0.786 bits per heavy atom. The number of piperazine rings is 1. The lowest BCUT2D eigenvalue weighted by Gasteiger charge is -2.35. The minimum atomic E-state index is 0.0183. The normalized spacial score (nSPS) is 20.9. The number of carbonyl (C=O) groups excluding carboxylic acids is 3. The van der Waals surface area contributed by atoms with E-state index in [1.165, 1.54) is 0 Å². The van der Waals surface area contributed by atoms with Gasteiger partial charge in [0.1, 0.15) is 0 Å². The molecule has 3 aliphatic heterocycles. The van der Waals surface area contributed by atoms with Gasteiger partial charge in [0.25, 0.3) is 5.91 Å². The maximum absolute atomic E-state index is 12.8. The van der Waals surface area contributed by atoms with Crippen LogP contribution in [0.25, 0.3) is 0 Å². The van der Waals surface area contributed by atoms with Gasteiger partial charge in [-0.25, -0.2) is 0 Å². The van der Waals surface area contributed by atoms with E-state index in [9.17, 15) is 14.4 Å². The van der Waals surface area contributed by atoms with Crippen molar-refractivity contribution >= 4 is 23.4 Å². The van der Waals surface area contributed by atoms with Gasteiger partial charge in [0.15, 0.2) is 0 Å². The van der Waals surface area contributed by atoms with E-state index in [0.29, 0.717) is 31.6 Å². The average Bonchev–Trinajstić information content (AvgIpc) is 3.40. The third-order valence-electron chi connectivity index (χ3n) is 5.98. The van der Waals surface area contributed by atoms with Gasteiger partial charge in [-0.05, 0) is 43.5 Å². The number of hydrogen-bond donors (Lipinski definition) is 0. The third-order valence-corrected chi connectivity index (χ3v) is 5.98. The molecular formula is C21H28N4O3. The van der Waals surface area contributed by atoms with Gasteiger partial charge < -0.3 is 14.7 Å². The van der Waals surface area contributed by atoms with Crippen LogP contribution in [0.1, 0.15) is 36.0 Å². The number of amides is 3. The van der Waals surface area contributed by atoms with Crippen LogP contribution < -0.4 is 4.90 Å². The summed E-state index contributed by atoms with van der Waals surface area (Å²) in [6.07, 6.45) is 3.72. The largest absolute Gasteiger partial charge is 0.342 e. The van der Waals surface area contributed by atoms with Crippen LogP contribution in [0.4, 0.5) is 5.69 Å². The first kappa shape index (κ1) is 18.9. The van der Waals surface area contributed by atoms with E-state index in [1.807, 2.05) is 34.1 Å². The highest BCUT2D eigenvalue weighted by Crippen LogP contribution is 2.22. The molecule has 3 aliphatic rings. The van der Waals surface area contributed by atoms with Crippen molar-refractivity contribution in [1.29, 1.82) is 0 Å². The average molecular weight is 384 g/mol. The van der Waals surface area contributed by atoms with Gasteiger partial charge in [-0.1, -0.05) is 0 Å². The number of nitrogens with zero attached hydrogens (tertiary/aromatic N) is 4. The van der Waals surface area contributed by atoms with Gasteiger partial charge in [-0.15, -0.1) is 0 Å². The molecule has 0 aromatic heterocycles. The van der Waals surface area contributed by atoms with Crippen LogP contribution in [-0.2, 0) is 9.59 Å². The molecular weight excluding hydrogens is 356 g/mol. The molecule has 0 atom stereocenters. The molecule has 0 radical (unpaired) electrons. The van der Waals surface area contributed by atoms with Gasteiger partial charge in [-0.2, -0.15) is 0 Å². The third kappa shape index (κ3) is 4.04. The molecule has 3 heterocycles. The summed E-state index contributed by atoms with van der Waals surface area (Å²) in [5.74, 6) is 0.382. The van der Waals surface area contributed by atoms with Crippen molar-refractivity contribution in [3.05, 3.63) is 29.8 Å². The van der Waals surface area contributed by atoms with Crippen molar-refractivity contribution in [3.63, 3.8) is 0 Å². The van der Waals surface area contributed by atoms with Crippen molar-refractivity contribution in [2.75, 3.05) is 57.3 Å². The number of likely N-dealkylation sites (tertiary alicyclic amines) is 1. The summed E-state index contributed by atoms with van der Waals surface area (Å²) in [6, 6.07) is 7.35. The minimum Gasteiger partial charge on any atom is -0.342 e. The van der Waals surface area contributed by atoms with Gasteiger partial charge >= 0.3 is 0 Å². The minimum absolute atomic E-state index is 0.0183. The Bertz CT molecular complexity index is 735. The molecule has 4 rings (SSSR count). The highest BCUT2D eigenvalue weighted by atomic mass is 16.2. The maximum atomic E-state index is 12.8. The topological polar surface area (TPSA) is 64.2 Å². The van der Waals surface area contributed by atoms with Crippen LogP contribution in [0.15, 0.2) is 24.3 Å². The number of anilines is 1. The Hall–Kier alpha value is -2.41. The fourth-order valence-electron chi connectivity index (χ4n) is 4.25. The number of carbonyl (C=O) groups is 3. The van der Waals surface area contributed by atoms with Crippen molar-refractivity contribution in [2.45, 2.75) is 25.7 Å². The lowest BCUT2D eigenvalue weighted by Crippen LogP contribution is -2.51. The lowest BCUT2D eigenvalue weighted by molar-refractivity contribution is -0.131. The Kier molecular flexibility index (Phi) is 5.62. The van der Waals surface area contributed by atoms with Crippen molar-refractivity contribution in [2.24, 2.45) is 0 Å². The zero-order valence-corrected chi connectivity index (χ0v) is 16.3. The summed E-state index contributed by atoms with van der Waals surface area (Å²) >= 11 is 0. The fraction of sp³-hybridized carbons (Fsp3) is 0.571. The molecule has 3 saturated heterocycles. The quantitative estimate of drug-likeness (QED) is 0.782. The van der Waals surface area contributed by atoms with Crippen LogP contribution in [0, 0.1) is 0 Å². The van der Waals surface area contributed by atoms with Gasteiger partial charge in [0.05, 0.1) is 6.54 Å². The second-order valence-electron chi connectivity index (χ2n) is 7.85. The SMILES string of the molecule is O=C(CN1CCN(C(=O)c2ccc(N3CCCC3=O)cc2)CC1)N1CCCC1. The second-order valence-corrected chi connectivity index (χ2v) is 7.85. The first-order valence-corrected chi connectivity index (χ1v) is 10.3. The van der Waals surface area contributed by atoms with E-state index < -0.39 is 0 Å². The summed E-state index contributed by atoms with van der Waals surface area (Å²) in [7, 11) is 0. The van der Waals surface area contributed by atoms with Gasteiger partial charge in [0, 0.05) is 63.5 Å². The molecule has 0 bridgehead atoms. The first-order valence-electron chi connectivity index (χ1n) is 10.3. The van der Waals surface area contributed by atoms with Crippen LogP contribution >= 0.6 is 0 Å². The van der Waals surface area contributed by atoms with Crippen molar-refractivity contribution in [3.8, 4) is 0 Å². The van der Waals surface area contributed by atoms with E-state index in [-0.39, 0.29) is 17.7 Å². The molecule has 1 aromatic rings. The summed E-state index contributed by atoms with van der Waals surface area (Å²) in [6.45, 7) is 5.71. The molecule has 3 fully saturated rings. The Balaban J connectivity index is 1.29. The Labute approximate surface area is 165 Å². The maximum Gasteiger partial charge on any atom is 0.253 e. The van der Waals surface area contributed by atoms with Gasteiger partial charge in [-0.3, -0.25) is 19.3 Å². The molecule has 1 aromatic carbocycles. The van der Waals surface area contributed by atoms with Crippen LogP contribution in [0.2, 0.25) is 0 Å². The number of hydrogen-bond acceptors (Lipinski definition) is 4. The van der Waals surface area contributed by atoms with Crippen LogP contribution in [0.3, 0.4) is 0 Å². The predicted octanol–water partition coefficient (Wildman–Crippen LogP) is 1.19. The predicted molar refractivity (Wildman–Crippen MR) is 106 cm³/mol. The first-order chi connectivity index (χ1) is 13.6. The van der Waals surface area contributed by atoms with E-state index in [1.54, 1.807) is 4.90 Å². The van der Waals surface area contributed by atoms with Gasteiger partial charge in [0.2, 0.25) is 11.8 Å². The summed E-state index contributed by atoms with van der Waals surface area (Å²) in [5, 5.41) is 0. The highest BCUT2D eigenvalue weighted by Gasteiger charge is 2.26. The van der Waals surface area contributed by atoms with E-state index in [2.05, 4.69) is 4.90 Å². The number of rotatable bonds is 4. The molecule has 0 spiro atoms. The van der Waals surface area contributed by atoms with Crippen molar-refractivity contribution in [1.82, 2.24) is 14.7 Å². The van der Waals surface area contributed by atoms with Crippen molar-refractivity contribution < 1.29 is 14.4 Å². The summed E-state index contributed by atoms with van der Waals surface area (Å²) in [4.78, 5) is 44.7. The van der Waals surface area contributed by atoms with E-state index >= 15 is 0 Å². The molecule has 0 saturated carbocycles. The smallest absolute Gasteiger partial charge is 0.253 e. The summed E-state index contributed by atoms with van der Waals surface area (Å²) < 4.78 is 0. The zero-order valence-electron chi connectivity index (χ0n) is 16.3. The molecule has 3 amide bonds. The molecule has 0 unspecified atom stereocenters. The van der Waals surface area contributed by atoms with E-state index in [4.69, 9.17) is 0 Å². The molecule has 150 valence electrons. The molecule has 7 heteroatoms. The highest BCUT2D eigenvalue weighted by molar-refractivity contribution is 5.97. The van der Waals surface area contributed by atoms with Crippen LogP contribution in [0.5, 0.6) is 0 Å². The standard InChI is InChI=1S/C21H28N4O3/c26-19-4-3-11-25(19)18-7-5-17(6-8-18)21(28)24-14-12-22(13-15-24)16-20(27)23-9-1-2-10-23/h5-8H,1-4,9-16H2. The molecule has 0 N–H and O–H groups in total. The fourth-order valence-corrected chi connectivity index (χ4v) is 4.25. The molecule has 7 nitrogen and oxygen atoms in total. The Morgan fingerprint density at radius 2 is 1.46 bits per heavy atom. The molecule has 0 aliphatic carbocycles. The monoisotopic (exact) mass is 384 g/mol. The Morgan fingerprint density at radius 3 is 2.07 bits per heavy atom. The molecule has 28 heavy (non-hydrogen) atoms. The summed E-state index contributed by atoms with van der Waals surface area (Å²) in [5.41, 5.74) is 1.52. The lowest BCUT2D eigenvalue weighted by atomic mass is 10.1. The zero-order chi connectivity index (χ0) is 19.5. The van der Waals surface area contributed by atoms with E-state index in [0.717, 1.165) is 57.7 Å². The number of benzene rings is 1. The second kappa shape index (κ2) is 8.31. The van der Waals surface area contributed by atoms with Crippen LogP contribution in [-0.4, -0.2) is 84.8 Å².